The zero-order valence-corrected chi connectivity index (χ0v) is 13.6. The van der Waals surface area contributed by atoms with E-state index in [1.54, 1.807) is 0 Å². The van der Waals surface area contributed by atoms with Gasteiger partial charge in [-0.15, -0.1) is 0 Å². The molecular formula is C18H27NO2. The van der Waals surface area contributed by atoms with Crippen LogP contribution in [0, 0.1) is 0 Å². The maximum atomic E-state index is 11.5. The molecule has 1 atom stereocenters. The fourth-order valence-corrected chi connectivity index (χ4v) is 2.48. The van der Waals surface area contributed by atoms with Crippen molar-refractivity contribution in [1.82, 2.24) is 5.32 Å². The molecule has 1 unspecified atom stereocenters. The Balaban J connectivity index is 1.99. The van der Waals surface area contributed by atoms with Gasteiger partial charge in [0, 0.05) is 12.1 Å². The molecule has 1 aliphatic carbocycles. The maximum Gasteiger partial charge on any atom is 0.307 e. The lowest BCUT2D eigenvalue weighted by Crippen LogP contribution is -2.35. The Morgan fingerprint density at radius 3 is 2.38 bits per heavy atom. The molecule has 3 heteroatoms. The molecule has 0 spiro atoms. The lowest BCUT2D eigenvalue weighted by Gasteiger charge is -2.21. The summed E-state index contributed by atoms with van der Waals surface area (Å²) in [6.45, 7) is 6.66. The molecule has 1 saturated carbocycles. The van der Waals surface area contributed by atoms with Crippen molar-refractivity contribution in [3.05, 3.63) is 35.4 Å². The monoisotopic (exact) mass is 289 g/mol. The molecule has 0 saturated heterocycles. The first-order valence-electron chi connectivity index (χ1n) is 7.81. The Bertz CT molecular complexity index is 469. The summed E-state index contributed by atoms with van der Waals surface area (Å²) >= 11 is 0. The van der Waals surface area contributed by atoms with Crippen LogP contribution in [0.25, 0.3) is 0 Å². The van der Waals surface area contributed by atoms with Crippen molar-refractivity contribution in [2.75, 3.05) is 7.11 Å². The van der Waals surface area contributed by atoms with Gasteiger partial charge in [0.15, 0.2) is 0 Å². The summed E-state index contributed by atoms with van der Waals surface area (Å²) in [5.74, 6) is -0.139. The van der Waals surface area contributed by atoms with E-state index >= 15 is 0 Å². The number of nitrogens with one attached hydrogen (secondary N) is 1. The highest BCUT2D eigenvalue weighted by Gasteiger charge is 2.26. The normalized spacial score (nSPS) is 16.6. The van der Waals surface area contributed by atoms with Gasteiger partial charge in [0.05, 0.1) is 13.5 Å². The van der Waals surface area contributed by atoms with E-state index in [9.17, 15) is 4.79 Å². The molecule has 0 bridgehead atoms. The van der Waals surface area contributed by atoms with Crippen LogP contribution in [-0.4, -0.2) is 25.2 Å². The van der Waals surface area contributed by atoms with E-state index in [0.29, 0.717) is 12.5 Å². The molecule has 3 nitrogen and oxygen atoms in total. The molecule has 0 amide bonds. The predicted molar refractivity (Wildman–Crippen MR) is 85.4 cm³/mol. The van der Waals surface area contributed by atoms with Crippen LogP contribution in [0.15, 0.2) is 24.3 Å². The second-order valence-electron chi connectivity index (χ2n) is 7.07. The summed E-state index contributed by atoms with van der Waals surface area (Å²) < 4.78 is 4.81. The minimum absolute atomic E-state index is 0.139. The lowest BCUT2D eigenvalue weighted by atomic mass is 9.86. The van der Waals surface area contributed by atoms with Crippen molar-refractivity contribution in [3.8, 4) is 0 Å². The average Bonchev–Trinajstić information content (AvgIpc) is 3.22. The molecule has 1 N–H and O–H groups in total. The Labute approximate surface area is 128 Å². The number of benzene rings is 1. The van der Waals surface area contributed by atoms with Gasteiger partial charge in [0.2, 0.25) is 0 Å². The summed E-state index contributed by atoms with van der Waals surface area (Å²) in [4.78, 5) is 11.5. The third-order valence-electron chi connectivity index (χ3n) is 3.99. The van der Waals surface area contributed by atoms with Gasteiger partial charge in [0.25, 0.3) is 0 Å². The van der Waals surface area contributed by atoms with Crippen LogP contribution in [0.5, 0.6) is 0 Å². The summed E-state index contributed by atoms with van der Waals surface area (Å²) in [5, 5.41) is 3.55. The lowest BCUT2D eigenvalue weighted by molar-refractivity contribution is -0.141. The van der Waals surface area contributed by atoms with Gasteiger partial charge in [-0.05, 0) is 35.8 Å². The molecule has 0 aromatic heterocycles. The Kier molecular flexibility index (Phi) is 5.04. The average molecular weight is 289 g/mol. The third kappa shape index (κ3) is 5.16. The zero-order chi connectivity index (χ0) is 15.5. The first-order chi connectivity index (χ1) is 9.88. The largest absolute Gasteiger partial charge is 0.469 e. The highest BCUT2D eigenvalue weighted by Crippen LogP contribution is 2.24. The second-order valence-corrected chi connectivity index (χ2v) is 7.07. The van der Waals surface area contributed by atoms with Gasteiger partial charge in [0.1, 0.15) is 0 Å². The number of hydrogen-bond acceptors (Lipinski definition) is 3. The topological polar surface area (TPSA) is 38.3 Å². The summed E-state index contributed by atoms with van der Waals surface area (Å²) in [6, 6.07) is 9.52. The zero-order valence-electron chi connectivity index (χ0n) is 13.6. The molecule has 0 aliphatic heterocycles. The molecule has 0 radical (unpaired) electrons. The molecule has 0 heterocycles. The number of esters is 1. The standard InChI is InChI=1S/C18H27NO2/c1-18(2,3)14-7-5-13(6-8-14)11-16(12-17(20)21-4)19-15-9-10-15/h5-8,15-16,19H,9-12H2,1-4H3. The van der Waals surface area contributed by atoms with Crippen LogP contribution in [0.1, 0.15) is 51.2 Å². The van der Waals surface area contributed by atoms with Crippen LogP contribution < -0.4 is 5.32 Å². The SMILES string of the molecule is COC(=O)CC(Cc1ccc(C(C)(C)C)cc1)NC1CC1. The summed E-state index contributed by atoms with van der Waals surface area (Å²) in [7, 11) is 1.45. The minimum Gasteiger partial charge on any atom is -0.469 e. The minimum atomic E-state index is -0.139. The highest BCUT2D eigenvalue weighted by molar-refractivity contribution is 5.70. The van der Waals surface area contributed by atoms with Crippen LogP contribution in [0.3, 0.4) is 0 Å². The van der Waals surface area contributed by atoms with Crippen LogP contribution >= 0.6 is 0 Å². The summed E-state index contributed by atoms with van der Waals surface area (Å²) in [6.07, 6.45) is 3.76. The van der Waals surface area contributed by atoms with Gasteiger partial charge in [-0.1, -0.05) is 45.0 Å². The number of rotatable bonds is 6. The molecule has 1 fully saturated rings. The van der Waals surface area contributed by atoms with Crippen LogP contribution in [-0.2, 0) is 21.4 Å². The first kappa shape index (κ1) is 16.0. The van der Waals surface area contributed by atoms with E-state index in [0.717, 1.165) is 6.42 Å². The van der Waals surface area contributed by atoms with Crippen molar-refractivity contribution in [1.29, 1.82) is 0 Å². The van der Waals surface area contributed by atoms with Gasteiger partial charge in [-0.25, -0.2) is 0 Å². The number of methoxy groups -OCH3 is 1. The molecule has 21 heavy (non-hydrogen) atoms. The van der Waals surface area contributed by atoms with E-state index in [-0.39, 0.29) is 17.4 Å². The molecule has 1 aromatic rings. The van der Waals surface area contributed by atoms with Crippen molar-refractivity contribution in [2.45, 2.75) is 64.0 Å². The Morgan fingerprint density at radius 2 is 1.90 bits per heavy atom. The highest BCUT2D eigenvalue weighted by atomic mass is 16.5. The molecule has 116 valence electrons. The van der Waals surface area contributed by atoms with E-state index in [1.807, 2.05) is 0 Å². The van der Waals surface area contributed by atoms with Crippen LogP contribution in [0.4, 0.5) is 0 Å². The van der Waals surface area contributed by atoms with Crippen molar-refractivity contribution >= 4 is 5.97 Å². The quantitative estimate of drug-likeness (QED) is 0.817. The Morgan fingerprint density at radius 1 is 1.29 bits per heavy atom. The van der Waals surface area contributed by atoms with Crippen LogP contribution in [0.2, 0.25) is 0 Å². The van der Waals surface area contributed by atoms with Gasteiger partial charge < -0.3 is 10.1 Å². The summed E-state index contributed by atoms with van der Waals surface area (Å²) in [5.41, 5.74) is 2.78. The van der Waals surface area contributed by atoms with Crippen molar-refractivity contribution in [3.63, 3.8) is 0 Å². The predicted octanol–water partition coefficient (Wildman–Crippen LogP) is 3.21. The number of carbonyl (C=O) groups is 1. The number of hydrogen-bond donors (Lipinski definition) is 1. The first-order valence-corrected chi connectivity index (χ1v) is 7.81. The van der Waals surface area contributed by atoms with E-state index in [2.05, 4.69) is 50.4 Å². The third-order valence-corrected chi connectivity index (χ3v) is 3.99. The number of carbonyl (C=O) groups excluding carboxylic acids is 1. The smallest absolute Gasteiger partial charge is 0.307 e. The fraction of sp³-hybridized carbons (Fsp3) is 0.611. The number of ether oxygens (including phenoxy) is 1. The van der Waals surface area contributed by atoms with Crippen molar-refractivity contribution in [2.24, 2.45) is 0 Å². The van der Waals surface area contributed by atoms with Gasteiger partial charge in [-0.2, -0.15) is 0 Å². The molecule has 1 aromatic carbocycles. The Hall–Kier alpha value is -1.35. The maximum absolute atomic E-state index is 11.5. The second kappa shape index (κ2) is 6.61. The van der Waals surface area contributed by atoms with E-state index in [1.165, 1.54) is 31.1 Å². The fourth-order valence-electron chi connectivity index (χ4n) is 2.48. The van der Waals surface area contributed by atoms with E-state index < -0.39 is 0 Å². The van der Waals surface area contributed by atoms with E-state index in [4.69, 9.17) is 4.74 Å². The van der Waals surface area contributed by atoms with Gasteiger partial charge in [-0.3, -0.25) is 4.79 Å². The molecular weight excluding hydrogens is 262 g/mol. The van der Waals surface area contributed by atoms with Crippen molar-refractivity contribution < 1.29 is 9.53 Å². The molecule has 2 rings (SSSR count). The molecule has 1 aliphatic rings. The van der Waals surface area contributed by atoms with Gasteiger partial charge >= 0.3 is 5.97 Å².